The van der Waals surface area contributed by atoms with E-state index in [1.54, 1.807) is 0 Å². The highest BCUT2D eigenvalue weighted by Gasteiger charge is 2.23. The van der Waals surface area contributed by atoms with E-state index in [2.05, 4.69) is 15.6 Å². The SMILES string of the molecule is CCNc1nc(NC2CCCCCC2O)c(F)cc1F. The third-order valence-electron chi connectivity index (χ3n) is 3.58. The van der Waals surface area contributed by atoms with Gasteiger partial charge in [-0.3, -0.25) is 0 Å². The first kappa shape index (κ1) is 15.0. The number of aliphatic hydroxyl groups excluding tert-OH is 1. The molecule has 112 valence electrons. The first-order valence-corrected chi connectivity index (χ1v) is 7.16. The molecular formula is C14H21F2N3O. The summed E-state index contributed by atoms with van der Waals surface area (Å²) in [7, 11) is 0. The lowest BCUT2D eigenvalue weighted by Gasteiger charge is -2.23. The molecule has 0 radical (unpaired) electrons. The van der Waals surface area contributed by atoms with Gasteiger partial charge in [0.15, 0.2) is 23.3 Å². The van der Waals surface area contributed by atoms with Gasteiger partial charge < -0.3 is 15.7 Å². The van der Waals surface area contributed by atoms with E-state index < -0.39 is 17.7 Å². The number of rotatable bonds is 4. The Kier molecular flexibility index (Phi) is 5.11. The minimum atomic E-state index is -0.736. The van der Waals surface area contributed by atoms with Crippen molar-refractivity contribution in [3.63, 3.8) is 0 Å². The van der Waals surface area contributed by atoms with Gasteiger partial charge in [0.25, 0.3) is 0 Å². The van der Waals surface area contributed by atoms with Crippen LogP contribution in [0.25, 0.3) is 0 Å². The Morgan fingerprint density at radius 1 is 1.20 bits per heavy atom. The number of halogens is 2. The molecule has 4 nitrogen and oxygen atoms in total. The van der Waals surface area contributed by atoms with Crippen LogP contribution in [0.5, 0.6) is 0 Å². The number of hydrogen-bond acceptors (Lipinski definition) is 4. The Hall–Kier alpha value is -1.43. The van der Waals surface area contributed by atoms with Crippen LogP contribution in [0, 0.1) is 11.6 Å². The van der Waals surface area contributed by atoms with Gasteiger partial charge in [-0.25, -0.2) is 13.8 Å². The fraction of sp³-hybridized carbons (Fsp3) is 0.643. The highest BCUT2D eigenvalue weighted by atomic mass is 19.1. The van der Waals surface area contributed by atoms with E-state index in [-0.39, 0.29) is 17.7 Å². The third kappa shape index (κ3) is 3.56. The Bertz CT molecular complexity index is 456. The molecule has 6 heteroatoms. The second kappa shape index (κ2) is 6.83. The number of anilines is 2. The molecule has 0 spiro atoms. The van der Waals surface area contributed by atoms with Gasteiger partial charge in [0.2, 0.25) is 0 Å². The molecule has 0 saturated heterocycles. The van der Waals surface area contributed by atoms with Crippen molar-refractivity contribution in [2.75, 3.05) is 17.2 Å². The minimum absolute atomic E-state index is 0.00620. The lowest BCUT2D eigenvalue weighted by atomic mass is 10.1. The molecule has 2 unspecified atom stereocenters. The average molecular weight is 285 g/mol. The van der Waals surface area contributed by atoms with Crippen LogP contribution in [0.15, 0.2) is 6.07 Å². The van der Waals surface area contributed by atoms with E-state index in [0.717, 1.165) is 31.7 Å². The van der Waals surface area contributed by atoms with Gasteiger partial charge in [-0.05, 0) is 19.8 Å². The first-order valence-electron chi connectivity index (χ1n) is 7.16. The largest absolute Gasteiger partial charge is 0.391 e. The van der Waals surface area contributed by atoms with Gasteiger partial charge in [0.05, 0.1) is 12.1 Å². The molecule has 0 amide bonds. The van der Waals surface area contributed by atoms with Crippen molar-refractivity contribution in [1.82, 2.24) is 4.98 Å². The predicted octanol–water partition coefficient (Wildman–Crippen LogP) is 2.90. The van der Waals surface area contributed by atoms with Crippen molar-refractivity contribution in [2.45, 2.75) is 51.2 Å². The van der Waals surface area contributed by atoms with E-state index in [0.29, 0.717) is 13.0 Å². The molecule has 1 heterocycles. The number of nitrogens with one attached hydrogen (secondary N) is 2. The zero-order valence-electron chi connectivity index (χ0n) is 11.6. The maximum Gasteiger partial charge on any atom is 0.168 e. The lowest BCUT2D eigenvalue weighted by molar-refractivity contribution is 0.144. The van der Waals surface area contributed by atoms with Gasteiger partial charge in [-0.15, -0.1) is 0 Å². The smallest absolute Gasteiger partial charge is 0.168 e. The minimum Gasteiger partial charge on any atom is -0.391 e. The zero-order valence-corrected chi connectivity index (χ0v) is 11.6. The van der Waals surface area contributed by atoms with E-state index in [9.17, 15) is 13.9 Å². The van der Waals surface area contributed by atoms with Gasteiger partial charge in [-0.1, -0.05) is 19.3 Å². The predicted molar refractivity (Wildman–Crippen MR) is 74.8 cm³/mol. The van der Waals surface area contributed by atoms with Crippen LogP contribution in [-0.2, 0) is 0 Å². The quantitative estimate of drug-likeness (QED) is 0.745. The van der Waals surface area contributed by atoms with E-state index in [4.69, 9.17) is 0 Å². The zero-order chi connectivity index (χ0) is 14.5. The van der Waals surface area contributed by atoms with Crippen LogP contribution in [0.1, 0.15) is 39.0 Å². The van der Waals surface area contributed by atoms with Crippen LogP contribution in [0.3, 0.4) is 0 Å². The number of aliphatic hydroxyl groups is 1. The number of aromatic nitrogens is 1. The first-order chi connectivity index (χ1) is 9.61. The molecule has 20 heavy (non-hydrogen) atoms. The lowest BCUT2D eigenvalue weighted by Crippen LogP contribution is -2.33. The Labute approximate surface area is 117 Å². The maximum atomic E-state index is 13.8. The monoisotopic (exact) mass is 285 g/mol. The van der Waals surface area contributed by atoms with E-state index >= 15 is 0 Å². The summed E-state index contributed by atoms with van der Waals surface area (Å²) in [6, 6.07) is 0.579. The summed E-state index contributed by atoms with van der Waals surface area (Å²) in [5.74, 6) is -1.43. The van der Waals surface area contributed by atoms with Crippen molar-refractivity contribution < 1.29 is 13.9 Å². The summed E-state index contributed by atoms with van der Waals surface area (Å²) in [6.45, 7) is 2.31. The van der Waals surface area contributed by atoms with Gasteiger partial charge >= 0.3 is 0 Å². The van der Waals surface area contributed by atoms with Crippen molar-refractivity contribution in [2.24, 2.45) is 0 Å². The summed E-state index contributed by atoms with van der Waals surface area (Å²) < 4.78 is 27.3. The van der Waals surface area contributed by atoms with Crippen LogP contribution in [0.2, 0.25) is 0 Å². The third-order valence-corrected chi connectivity index (χ3v) is 3.58. The fourth-order valence-corrected chi connectivity index (χ4v) is 2.49. The highest BCUT2D eigenvalue weighted by molar-refractivity contribution is 5.48. The van der Waals surface area contributed by atoms with Crippen molar-refractivity contribution in [3.8, 4) is 0 Å². The van der Waals surface area contributed by atoms with Crippen LogP contribution >= 0.6 is 0 Å². The molecule has 2 atom stereocenters. The standard InChI is InChI=1S/C14H21F2N3O/c1-2-17-13-9(15)8-10(16)14(19-13)18-11-6-4-3-5-7-12(11)20/h8,11-12,20H,2-7H2,1H3,(H2,17,18,19). The Morgan fingerprint density at radius 3 is 2.65 bits per heavy atom. The second-order valence-corrected chi connectivity index (χ2v) is 5.14. The number of pyridine rings is 1. The molecule has 0 bridgehead atoms. The molecule has 2 rings (SSSR count). The van der Waals surface area contributed by atoms with Crippen molar-refractivity contribution >= 4 is 11.6 Å². The van der Waals surface area contributed by atoms with Gasteiger partial charge in [-0.2, -0.15) is 0 Å². The summed E-state index contributed by atoms with van der Waals surface area (Å²) in [4.78, 5) is 3.94. The normalized spacial score (nSPS) is 23.2. The Morgan fingerprint density at radius 2 is 1.90 bits per heavy atom. The summed E-state index contributed by atoms with van der Waals surface area (Å²) >= 11 is 0. The fourth-order valence-electron chi connectivity index (χ4n) is 2.49. The molecule has 1 aliphatic rings. The van der Waals surface area contributed by atoms with E-state index in [1.807, 2.05) is 6.92 Å². The Balaban J connectivity index is 2.16. The van der Waals surface area contributed by atoms with Crippen LogP contribution in [0.4, 0.5) is 20.4 Å². The molecular weight excluding hydrogens is 264 g/mol. The summed E-state index contributed by atoms with van der Waals surface area (Å²) in [6.07, 6.45) is 3.96. The van der Waals surface area contributed by atoms with Crippen molar-refractivity contribution in [1.29, 1.82) is 0 Å². The molecule has 1 aromatic rings. The topological polar surface area (TPSA) is 57.2 Å². The molecule has 1 saturated carbocycles. The molecule has 1 aliphatic carbocycles. The van der Waals surface area contributed by atoms with Gasteiger partial charge in [0.1, 0.15) is 0 Å². The van der Waals surface area contributed by atoms with Crippen LogP contribution in [-0.4, -0.2) is 28.8 Å². The molecule has 3 N–H and O–H groups in total. The average Bonchev–Trinajstić information content (AvgIpc) is 2.61. The highest BCUT2D eigenvalue weighted by Crippen LogP contribution is 2.24. The molecule has 1 aromatic heterocycles. The second-order valence-electron chi connectivity index (χ2n) is 5.14. The molecule has 0 aromatic carbocycles. The van der Waals surface area contributed by atoms with Crippen LogP contribution < -0.4 is 10.6 Å². The summed E-state index contributed by atoms with van der Waals surface area (Å²) in [5.41, 5.74) is 0. The summed E-state index contributed by atoms with van der Waals surface area (Å²) in [5, 5.41) is 15.7. The molecule has 0 aliphatic heterocycles. The molecule has 1 fully saturated rings. The van der Waals surface area contributed by atoms with E-state index in [1.165, 1.54) is 0 Å². The number of nitrogens with zero attached hydrogens (tertiary/aromatic N) is 1. The maximum absolute atomic E-state index is 13.8. The van der Waals surface area contributed by atoms with Crippen molar-refractivity contribution in [3.05, 3.63) is 17.7 Å². The van der Waals surface area contributed by atoms with Gasteiger partial charge in [0, 0.05) is 12.6 Å². The number of hydrogen-bond donors (Lipinski definition) is 3.